The van der Waals surface area contributed by atoms with E-state index in [-0.39, 0.29) is 24.5 Å². The lowest BCUT2D eigenvalue weighted by atomic mass is 10.0. The summed E-state index contributed by atoms with van der Waals surface area (Å²) in [4.78, 5) is 36.1. The number of rotatable bonds is 2. The number of imide groups is 1. The van der Waals surface area contributed by atoms with Gasteiger partial charge in [0.25, 0.3) is 11.8 Å². The first kappa shape index (κ1) is 13.3. The van der Waals surface area contributed by atoms with Crippen LogP contribution in [0.3, 0.4) is 0 Å². The summed E-state index contributed by atoms with van der Waals surface area (Å²) in [7, 11) is 0. The molecule has 1 aliphatic heterocycles. The van der Waals surface area contributed by atoms with Crippen LogP contribution in [0.5, 0.6) is 0 Å². The van der Waals surface area contributed by atoms with Crippen LogP contribution in [0.15, 0.2) is 36.4 Å². The SMILES string of the molecule is O=C(O)c1cc2ccccc2cc1N1C(=O)COCC1=O. The molecule has 0 atom stereocenters. The molecule has 0 unspecified atom stereocenters. The van der Waals surface area contributed by atoms with E-state index in [1.807, 2.05) is 0 Å². The minimum Gasteiger partial charge on any atom is -0.478 e. The van der Waals surface area contributed by atoms with E-state index in [1.165, 1.54) is 6.07 Å². The summed E-state index contributed by atoms with van der Waals surface area (Å²) in [6.45, 7) is -0.477. The predicted molar refractivity (Wildman–Crippen MR) is 74.2 cm³/mol. The van der Waals surface area contributed by atoms with Gasteiger partial charge in [0, 0.05) is 0 Å². The van der Waals surface area contributed by atoms with Crippen molar-refractivity contribution in [1.29, 1.82) is 0 Å². The third-order valence-electron chi connectivity index (χ3n) is 3.29. The highest BCUT2D eigenvalue weighted by atomic mass is 16.5. The van der Waals surface area contributed by atoms with Crippen LogP contribution in [-0.4, -0.2) is 36.1 Å². The number of morpholine rings is 1. The number of hydrogen-bond acceptors (Lipinski definition) is 4. The molecule has 0 radical (unpaired) electrons. The van der Waals surface area contributed by atoms with Crippen molar-refractivity contribution in [2.24, 2.45) is 0 Å². The first-order chi connectivity index (χ1) is 10.1. The molecule has 1 fully saturated rings. The van der Waals surface area contributed by atoms with E-state index in [4.69, 9.17) is 4.74 Å². The number of anilines is 1. The highest BCUT2D eigenvalue weighted by Gasteiger charge is 2.31. The van der Waals surface area contributed by atoms with Crippen molar-refractivity contribution in [1.82, 2.24) is 0 Å². The summed E-state index contributed by atoms with van der Waals surface area (Å²) in [6, 6.07) is 10.2. The zero-order chi connectivity index (χ0) is 15.0. The maximum atomic E-state index is 11.9. The molecule has 2 aromatic rings. The molecule has 0 spiro atoms. The molecule has 1 saturated heterocycles. The zero-order valence-electron chi connectivity index (χ0n) is 10.9. The number of benzene rings is 2. The molecule has 2 amide bonds. The van der Waals surface area contributed by atoms with Gasteiger partial charge >= 0.3 is 5.97 Å². The fourth-order valence-electron chi connectivity index (χ4n) is 2.35. The van der Waals surface area contributed by atoms with Gasteiger partial charge in [-0.25, -0.2) is 9.69 Å². The number of carboxylic acid groups (broad SMARTS) is 1. The summed E-state index contributed by atoms with van der Waals surface area (Å²) in [6.07, 6.45) is 0. The number of carbonyl (C=O) groups is 3. The zero-order valence-corrected chi connectivity index (χ0v) is 10.9. The Kier molecular flexibility index (Phi) is 3.15. The average molecular weight is 285 g/mol. The normalized spacial score (nSPS) is 15.5. The Morgan fingerprint density at radius 1 is 1.05 bits per heavy atom. The average Bonchev–Trinajstić information content (AvgIpc) is 2.46. The molecule has 6 nitrogen and oxygen atoms in total. The lowest BCUT2D eigenvalue weighted by molar-refractivity contribution is -0.138. The molecular weight excluding hydrogens is 274 g/mol. The second-order valence-corrected chi connectivity index (χ2v) is 4.64. The van der Waals surface area contributed by atoms with E-state index in [9.17, 15) is 19.5 Å². The fraction of sp³-hybridized carbons (Fsp3) is 0.133. The Balaban J connectivity index is 2.24. The van der Waals surface area contributed by atoms with Gasteiger partial charge in [-0.3, -0.25) is 9.59 Å². The third-order valence-corrected chi connectivity index (χ3v) is 3.29. The molecule has 0 aromatic heterocycles. The number of amides is 2. The summed E-state index contributed by atoms with van der Waals surface area (Å²) in [5.74, 6) is -2.32. The van der Waals surface area contributed by atoms with Crippen LogP contribution in [-0.2, 0) is 14.3 Å². The van der Waals surface area contributed by atoms with E-state index < -0.39 is 17.8 Å². The van der Waals surface area contributed by atoms with Gasteiger partial charge in [0.05, 0.1) is 11.3 Å². The van der Waals surface area contributed by atoms with Gasteiger partial charge in [-0.15, -0.1) is 0 Å². The first-order valence-electron chi connectivity index (χ1n) is 6.27. The van der Waals surface area contributed by atoms with Gasteiger partial charge in [0.1, 0.15) is 13.2 Å². The molecule has 1 heterocycles. The van der Waals surface area contributed by atoms with E-state index in [2.05, 4.69) is 0 Å². The lowest BCUT2D eigenvalue weighted by Gasteiger charge is -2.26. The van der Waals surface area contributed by atoms with E-state index in [0.717, 1.165) is 15.7 Å². The van der Waals surface area contributed by atoms with Crippen molar-refractivity contribution in [2.45, 2.75) is 0 Å². The molecule has 21 heavy (non-hydrogen) atoms. The number of carboxylic acids is 1. The van der Waals surface area contributed by atoms with E-state index in [1.54, 1.807) is 30.3 Å². The smallest absolute Gasteiger partial charge is 0.337 e. The number of carbonyl (C=O) groups excluding carboxylic acids is 2. The summed E-state index contributed by atoms with van der Waals surface area (Å²) in [5, 5.41) is 10.8. The fourth-order valence-corrected chi connectivity index (χ4v) is 2.35. The molecule has 1 N–H and O–H groups in total. The summed E-state index contributed by atoms with van der Waals surface area (Å²) >= 11 is 0. The second-order valence-electron chi connectivity index (χ2n) is 4.64. The van der Waals surface area contributed by atoms with Gasteiger partial charge in [-0.05, 0) is 22.9 Å². The van der Waals surface area contributed by atoms with Crippen LogP contribution < -0.4 is 4.90 Å². The van der Waals surface area contributed by atoms with Crippen LogP contribution in [0.4, 0.5) is 5.69 Å². The van der Waals surface area contributed by atoms with Crippen LogP contribution in [0.25, 0.3) is 10.8 Å². The molecule has 1 aliphatic rings. The number of aromatic carboxylic acids is 1. The minimum atomic E-state index is -1.19. The molecule has 0 bridgehead atoms. The van der Waals surface area contributed by atoms with Crippen molar-refractivity contribution in [3.8, 4) is 0 Å². The molecule has 106 valence electrons. The van der Waals surface area contributed by atoms with Crippen LogP contribution >= 0.6 is 0 Å². The molecule has 6 heteroatoms. The van der Waals surface area contributed by atoms with Crippen molar-refractivity contribution < 1.29 is 24.2 Å². The molecule has 0 saturated carbocycles. The van der Waals surface area contributed by atoms with Crippen molar-refractivity contribution >= 4 is 34.2 Å². The highest BCUT2D eigenvalue weighted by molar-refractivity contribution is 6.20. The van der Waals surface area contributed by atoms with Crippen molar-refractivity contribution in [3.63, 3.8) is 0 Å². The van der Waals surface area contributed by atoms with Gasteiger partial charge in [0.2, 0.25) is 0 Å². The number of fused-ring (bicyclic) bond motifs is 1. The van der Waals surface area contributed by atoms with Gasteiger partial charge in [-0.1, -0.05) is 24.3 Å². The van der Waals surface area contributed by atoms with Gasteiger partial charge in [0.15, 0.2) is 0 Å². The third kappa shape index (κ3) is 2.25. The quantitative estimate of drug-likeness (QED) is 0.844. The van der Waals surface area contributed by atoms with Gasteiger partial charge < -0.3 is 9.84 Å². The number of hydrogen-bond donors (Lipinski definition) is 1. The van der Waals surface area contributed by atoms with Crippen LogP contribution in [0.1, 0.15) is 10.4 Å². The second kappa shape index (κ2) is 4.99. The standard InChI is InChI=1S/C15H11NO5/c17-13-7-21-8-14(18)16(13)12-6-10-4-2-1-3-9(10)5-11(12)15(19)20/h1-6H,7-8H2,(H,19,20). The Morgan fingerprint density at radius 2 is 1.62 bits per heavy atom. The Morgan fingerprint density at radius 3 is 2.19 bits per heavy atom. The maximum Gasteiger partial charge on any atom is 0.337 e. The summed E-state index contributed by atoms with van der Waals surface area (Å²) < 4.78 is 4.85. The van der Waals surface area contributed by atoms with Crippen LogP contribution in [0, 0.1) is 0 Å². The minimum absolute atomic E-state index is 0.0829. The molecule has 3 rings (SSSR count). The first-order valence-corrected chi connectivity index (χ1v) is 6.27. The number of ether oxygens (including phenoxy) is 1. The Labute approximate surface area is 119 Å². The molecule has 0 aliphatic carbocycles. The highest BCUT2D eigenvalue weighted by Crippen LogP contribution is 2.28. The van der Waals surface area contributed by atoms with E-state index >= 15 is 0 Å². The van der Waals surface area contributed by atoms with Crippen LogP contribution in [0.2, 0.25) is 0 Å². The maximum absolute atomic E-state index is 11.9. The largest absolute Gasteiger partial charge is 0.478 e. The van der Waals surface area contributed by atoms with Crippen molar-refractivity contribution in [3.05, 3.63) is 42.0 Å². The van der Waals surface area contributed by atoms with Gasteiger partial charge in [-0.2, -0.15) is 0 Å². The summed E-state index contributed by atoms with van der Waals surface area (Å²) in [5.41, 5.74) is -0.00296. The predicted octanol–water partition coefficient (Wildman–Crippen LogP) is 1.43. The van der Waals surface area contributed by atoms with Crippen molar-refractivity contribution in [2.75, 3.05) is 18.1 Å². The Bertz CT molecular complexity index is 752. The number of nitrogens with zero attached hydrogens (tertiary/aromatic N) is 1. The monoisotopic (exact) mass is 285 g/mol. The topological polar surface area (TPSA) is 83.9 Å². The lowest BCUT2D eigenvalue weighted by Crippen LogP contribution is -2.47. The van der Waals surface area contributed by atoms with E-state index in [0.29, 0.717) is 0 Å². The molecular formula is C15H11NO5. The molecule has 2 aromatic carbocycles. The Hall–Kier alpha value is -2.73.